The molecule has 0 saturated carbocycles. The van der Waals surface area contributed by atoms with Crippen LogP contribution in [0.4, 0.5) is 4.79 Å². The van der Waals surface area contributed by atoms with Crippen molar-refractivity contribution in [3.63, 3.8) is 0 Å². The number of amides is 4. The summed E-state index contributed by atoms with van der Waals surface area (Å²) in [6, 6.07) is -0.766. The smallest absolute Gasteiger partial charge is 0.268 e. The summed E-state index contributed by atoms with van der Waals surface area (Å²) in [5.41, 5.74) is 5.45. The average molecular weight is 266 g/mol. The number of nitrogens with one attached hydrogen (secondary N) is 2. The molecule has 7 heteroatoms. The van der Waals surface area contributed by atoms with Gasteiger partial charge in [0.1, 0.15) is 0 Å². The summed E-state index contributed by atoms with van der Waals surface area (Å²) in [6.45, 7) is 12.1. The van der Waals surface area contributed by atoms with E-state index in [-0.39, 0.29) is 12.6 Å². The van der Waals surface area contributed by atoms with Crippen molar-refractivity contribution in [2.45, 2.75) is 26.8 Å². The Labute approximate surface area is 111 Å². The van der Waals surface area contributed by atoms with E-state index in [0.717, 1.165) is 10.0 Å². The van der Waals surface area contributed by atoms with E-state index in [1.165, 1.54) is 0 Å². The number of hydrogen-bond acceptors (Lipinski definition) is 3. The van der Waals surface area contributed by atoms with Crippen LogP contribution in [0.1, 0.15) is 20.8 Å². The fourth-order valence-electron chi connectivity index (χ4n) is 1.42. The molecule has 1 aliphatic rings. The topological polar surface area (TPSA) is 81.8 Å². The molecule has 1 unspecified atom stereocenters. The highest BCUT2D eigenvalue weighted by Crippen LogP contribution is 2.11. The van der Waals surface area contributed by atoms with Gasteiger partial charge in [-0.3, -0.25) is 20.4 Å². The zero-order valence-electron chi connectivity index (χ0n) is 11.3. The van der Waals surface area contributed by atoms with Crippen LogP contribution in [0, 0.1) is 0 Å². The predicted molar refractivity (Wildman–Crippen MR) is 69.3 cm³/mol. The molecule has 0 spiro atoms. The minimum atomic E-state index is -0.503. The summed E-state index contributed by atoms with van der Waals surface area (Å²) in [5, 5.41) is 2.30. The lowest BCUT2D eigenvalue weighted by Gasteiger charge is -2.21. The van der Waals surface area contributed by atoms with Crippen molar-refractivity contribution < 1.29 is 14.4 Å². The first-order valence-corrected chi connectivity index (χ1v) is 5.77. The maximum atomic E-state index is 12.0. The summed E-state index contributed by atoms with van der Waals surface area (Å²) in [4.78, 5) is 35.0. The Morgan fingerprint density at radius 3 is 2.11 bits per heavy atom. The summed E-state index contributed by atoms with van der Waals surface area (Å²) in [7, 11) is 0. The lowest BCUT2D eigenvalue weighted by Crippen LogP contribution is -2.50. The summed E-state index contributed by atoms with van der Waals surface area (Å²) < 4.78 is 0. The molecule has 1 saturated heterocycles. The van der Waals surface area contributed by atoms with Gasteiger partial charge in [-0.25, -0.2) is 14.8 Å². The standard InChI is InChI=1S/C12H18N4O3/c1-7(2)10(17)13-15-6-9(5)16(12(15)19)14-11(18)8(3)4/h9H,1,3,6H2,2,4-5H3,(H,13,17)(H,14,18). The second-order valence-corrected chi connectivity index (χ2v) is 4.55. The minimum Gasteiger partial charge on any atom is -0.268 e. The fourth-order valence-corrected chi connectivity index (χ4v) is 1.42. The molecule has 1 fully saturated rings. The van der Waals surface area contributed by atoms with E-state index >= 15 is 0 Å². The van der Waals surface area contributed by atoms with Crippen LogP contribution >= 0.6 is 0 Å². The van der Waals surface area contributed by atoms with E-state index in [1.54, 1.807) is 20.8 Å². The quantitative estimate of drug-likeness (QED) is 0.719. The van der Waals surface area contributed by atoms with Crippen molar-refractivity contribution in [3.05, 3.63) is 24.3 Å². The van der Waals surface area contributed by atoms with Crippen molar-refractivity contribution in [3.8, 4) is 0 Å². The highest BCUT2D eigenvalue weighted by Gasteiger charge is 2.36. The first-order valence-electron chi connectivity index (χ1n) is 5.77. The zero-order chi connectivity index (χ0) is 14.7. The molecule has 0 aromatic heterocycles. The van der Waals surface area contributed by atoms with Crippen molar-refractivity contribution in [2.24, 2.45) is 0 Å². The van der Waals surface area contributed by atoms with E-state index in [0.29, 0.717) is 11.1 Å². The molecule has 1 aliphatic heterocycles. The highest BCUT2D eigenvalue weighted by atomic mass is 16.2. The fraction of sp³-hybridized carbons (Fsp3) is 0.417. The maximum Gasteiger partial charge on any atom is 0.357 e. The van der Waals surface area contributed by atoms with Gasteiger partial charge in [-0.2, -0.15) is 0 Å². The summed E-state index contributed by atoms with van der Waals surface area (Å²) in [5.74, 6) is -0.873. The zero-order valence-corrected chi connectivity index (χ0v) is 11.3. The van der Waals surface area contributed by atoms with Gasteiger partial charge in [0.15, 0.2) is 0 Å². The third-order valence-corrected chi connectivity index (χ3v) is 2.56. The maximum absolute atomic E-state index is 12.0. The summed E-state index contributed by atoms with van der Waals surface area (Å²) in [6.07, 6.45) is 0. The molecule has 19 heavy (non-hydrogen) atoms. The largest absolute Gasteiger partial charge is 0.357 e. The summed E-state index contributed by atoms with van der Waals surface area (Å²) >= 11 is 0. The van der Waals surface area contributed by atoms with Gasteiger partial charge in [0.25, 0.3) is 11.8 Å². The molecule has 4 amide bonds. The Kier molecular flexibility index (Phi) is 4.31. The number of urea groups is 1. The Morgan fingerprint density at radius 2 is 1.63 bits per heavy atom. The lowest BCUT2D eigenvalue weighted by molar-refractivity contribution is -0.121. The molecule has 0 aromatic rings. The second-order valence-electron chi connectivity index (χ2n) is 4.55. The molecule has 1 rings (SSSR count). The second kappa shape index (κ2) is 5.55. The third-order valence-electron chi connectivity index (χ3n) is 2.56. The number of carbonyl (C=O) groups excluding carboxylic acids is 3. The van der Waals surface area contributed by atoms with Gasteiger partial charge in [0.05, 0.1) is 12.6 Å². The van der Waals surface area contributed by atoms with E-state index in [1.807, 2.05) is 0 Å². The number of carbonyl (C=O) groups is 3. The SMILES string of the molecule is C=C(C)C(=O)NN1CC(C)N(NC(=O)C(=C)C)C1=O. The molecule has 0 bridgehead atoms. The molecular weight excluding hydrogens is 248 g/mol. The Balaban J connectivity index is 2.71. The van der Waals surface area contributed by atoms with E-state index in [4.69, 9.17) is 0 Å². The van der Waals surface area contributed by atoms with Crippen LogP contribution in [-0.4, -0.2) is 40.4 Å². The van der Waals surface area contributed by atoms with Crippen molar-refractivity contribution in [2.75, 3.05) is 6.54 Å². The molecule has 0 aromatic carbocycles. The molecule has 0 radical (unpaired) electrons. The monoisotopic (exact) mass is 266 g/mol. The normalized spacial score (nSPS) is 18.3. The van der Waals surface area contributed by atoms with Gasteiger partial charge in [-0.1, -0.05) is 13.2 Å². The molecule has 2 N–H and O–H groups in total. The number of hydrazine groups is 2. The average Bonchev–Trinajstić information content (AvgIpc) is 2.56. The highest BCUT2D eigenvalue weighted by molar-refractivity contribution is 5.95. The molecule has 1 atom stereocenters. The number of nitrogens with zero attached hydrogens (tertiary/aromatic N) is 2. The number of rotatable bonds is 4. The Bertz CT molecular complexity index is 458. The molecule has 104 valence electrons. The van der Waals surface area contributed by atoms with Crippen LogP contribution in [0.25, 0.3) is 0 Å². The minimum absolute atomic E-state index is 0.263. The molecule has 0 aliphatic carbocycles. The predicted octanol–water partition coefficient (Wildman–Crippen LogP) is 0.327. The lowest BCUT2D eigenvalue weighted by atomic mass is 10.3. The van der Waals surface area contributed by atoms with Crippen LogP contribution < -0.4 is 10.9 Å². The van der Waals surface area contributed by atoms with Crippen molar-refractivity contribution in [1.29, 1.82) is 0 Å². The van der Waals surface area contributed by atoms with Gasteiger partial charge in [-0.15, -0.1) is 0 Å². The molecular formula is C12H18N4O3. The van der Waals surface area contributed by atoms with E-state index in [2.05, 4.69) is 24.0 Å². The van der Waals surface area contributed by atoms with Gasteiger partial charge in [0, 0.05) is 11.1 Å². The van der Waals surface area contributed by atoms with Crippen LogP contribution in [0.3, 0.4) is 0 Å². The van der Waals surface area contributed by atoms with Crippen LogP contribution in [0.2, 0.25) is 0 Å². The number of hydrogen-bond donors (Lipinski definition) is 2. The Morgan fingerprint density at radius 1 is 1.16 bits per heavy atom. The molecule has 7 nitrogen and oxygen atoms in total. The van der Waals surface area contributed by atoms with Crippen LogP contribution in [0.15, 0.2) is 24.3 Å². The molecule has 1 heterocycles. The first-order chi connectivity index (χ1) is 8.73. The van der Waals surface area contributed by atoms with Crippen molar-refractivity contribution in [1.82, 2.24) is 20.9 Å². The van der Waals surface area contributed by atoms with Crippen LogP contribution in [-0.2, 0) is 9.59 Å². The van der Waals surface area contributed by atoms with Gasteiger partial charge >= 0.3 is 6.03 Å². The Hall–Kier alpha value is -2.31. The third kappa shape index (κ3) is 3.34. The van der Waals surface area contributed by atoms with E-state index < -0.39 is 17.8 Å². The van der Waals surface area contributed by atoms with Gasteiger partial charge in [-0.05, 0) is 20.8 Å². The van der Waals surface area contributed by atoms with Gasteiger partial charge < -0.3 is 0 Å². The van der Waals surface area contributed by atoms with Crippen molar-refractivity contribution >= 4 is 17.8 Å². The van der Waals surface area contributed by atoms with E-state index in [9.17, 15) is 14.4 Å². The van der Waals surface area contributed by atoms with Crippen LogP contribution in [0.5, 0.6) is 0 Å². The first kappa shape index (κ1) is 14.7. The van der Waals surface area contributed by atoms with Gasteiger partial charge in [0.2, 0.25) is 0 Å².